The molecule has 1 aliphatic heterocycles. The number of hydrogen-bond donors (Lipinski definition) is 1. The van der Waals surface area contributed by atoms with E-state index < -0.39 is 36.6 Å². The van der Waals surface area contributed by atoms with Crippen molar-refractivity contribution < 1.29 is 26.4 Å². The molecule has 0 spiro atoms. The summed E-state index contributed by atoms with van der Waals surface area (Å²) in [4.78, 5) is 12.5. The summed E-state index contributed by atoms with van der Waals surface area (Å²) in [5.41, 5.74) is 0.753. The lowest BCUT2D eigenvalue weighted by Gasteiger charge is -2.13. The fourth-order valence-corrected chi connectivity index (χ4v) is 7.76. The molecule has 2 aromatic rings. The van der Waals surface area contributed by atoms with Crippen LogP contribution in [0, 0.1) is 0 Å². The van der Waals surface area contributed by atoms with Gasteiger partial charge in [0.1, 0.15) is 5.75 Å². The highest BCUT2D eigenvalue weighted by Crippen LogP contribution is 2.28. The van der Waals surface area contributed by atoms with Crippen molar-refractivity contribution in [1.82, 2.24) is 5.32 Å². The minimum absolute atomic E-state index is 0.00323. The SMILES string of the molecule is COc1ccccc1CNC(=O)c1cc(S(=O)(=O)C2CCS(=O)(=O)C2)ccc1Cl. The number of halogens is 1. The van der Waals surface area contributed by atoms with Crippen LogP contribution in [0.5, 0.6) is 5.75 Å². The molecular weight excluding hydrogens is 438 g/mol. The van der Waals surface area contributed by atoms with E-state index in [4.69, 9.17) is 16.3 Å². The normalized spacial score (nSPS) is 18.3. The van der Waals surface area contributed by atoms with Crippen LogP contribution in [-0.4, -0.2) is 46.6 Å². The van der Waals surface area contributed by atoms with Crippen molar-refractivity contribution in [3.63, 3.8) is 0 Å². The van der Waals surface area contributed by atoms with Gasteiger partial charge in [0.25, 0.3) is 5.91 Å². The first-order valence-electron chi connectivity index (χ1n) is 8.78. The monoisotopic (exact) mass is 457 g/mol. The molecule has 0 saturated carbocycles. The Bertz CT molecular complexity index is 1150. The van der Waals surface area contributed by atoms with E-state index in [1.165, 1.54) is 25.3 Å². The third-order valence-electron chi connectivity index (χ3n) is 4.77. The van der Waals surface area contributed by atoms with Crippen molar-refractivity contribution in [2.45, 2.75) is 23.1 Å². The van der Waals surface area contributed by atoms with Gasteiger partial charge in [0, 0.05) is 12.1 Å². The number of rotatable bonds is 6. The molecule has 0 aromatic heterocycles. The molecular formula is C19H20ClNO6S2. The van der Waals surface area contributed by atoms with E-state index in [0.717, 1.165) is 5.56 Å². The van der Waals surface area contributed by atoms with Crippen LogP contribution in [0.25, 0.3) is 0 Å². The third-order valence-corrected chi connectivity index (χ3v) is 9.27. The second-order valence-corrected chi connectivity index (χ2v) is 11.6. The van der Waals surface area contributed by atoms with Gasteiger partial charge in [-0.05, 0) is 30.7 Å². The van der Waals surface area contributed by atoms with Gasteiger partial charge in [-0.2, -0.15) is 0 Å². The molecule has 29 heavy (non-hydrogen) atoms. The molecule has 1 heterocycles. The number of carbonyl (C=O) groups is 1. The highest BCUT2D eigenvalue weighted by molar-refractivity contribution is 7.96. The molecule has 1 N–H and O–H groups in total. The first-order valence-corrected chi connectivity index (χ1v) is 12.5. The van der Waals surface area contributed by atoms with Crippen LogP contribution in [0.3, 0.4) is 0 Å². The summed E-state index contributed by atoms with van der Waals surface area (Å²) < 4.78 is 54.2. The van der Waals surface area contributed by atoms with Crippen molar-refractivity contribution in [2.24, 2.45) is 0 Å². The van der Waals surface area contributed by atoms with Crippen LogP contribution >= 0.6 is 11.6 Å². The van der Waals surface area contributed by atoms with E-state index in [1.807, 2.05) is 0 Å². The summed E-state index contributed by atoms with van der Waals surface area (Å²) >= 11 is 6.11. The predicted molar refractivity (Wildman–Crippen MR) is 110 cm³/mol. The number of para-hydroxylation sites is 1. The van der Waals surface area contributed by atoms with E-state index >= 15 is 0 Å². The van der Waals surface area contributed by atoms with Crippen molar-refractivity contribution in [3.05, 3.63) is 58.6 Å². The Hall–Kier alpha value is -2.10. The molecule has 156 valence electrons. The lowest BCUT2D eigenvalue weighted by molar-refractivity contribution is 0.0950. The van der Waals surface area contributed by atoms with E-state index in [-0.39, 0.29) is 34.2 Å². The average Bonchev–Trinajstić information content (AvgIpc) is 3.07. The maximum Gasteiger partial charge on any atom is 0.253 e. The van der Waals surface area contributed by atoms with Crippen LogP contribution < -0.4 is 10.1 Å². The van der Waals surface area contributed by atoms with E-state index in [2.05, 4.69) is 5.32 Å². The quantitative estimate of drug-likeness (QED) is 0.712. The van der Waals surface area contributed by atoms with Crippen LogP contribution in [-0.2, 0) is 26.2 Å². The summed E-state index contributed by atoms with van der Waals surface area (Å²) in [5.74, 6) is -0.501. The number of ether oxygens (including phenoxy) is 1. The predicted octanol–water partition coefficient (Wildman–Crippen LogP) is 2.24. The van der Waals surface area contributed by atoms with Crippen LogP contribution in [0.15, 0.2) is 47.4 Å². The molecule has 10 heteroatoms. The first kappa shape index (κ1) is 21.6. The Balaban J connectivity index is 1.82. The van der Waals surface area contributed by atoms with Crippen LogP contribution in [0.1, 0.15) is 22.3 Å². The molecule has 0 bridgehead atoms. The fraction of sp³-hybridized carbons (Fsp3) is 0.316. The first-order chi connectivity index (χ1) is 13.6. The Morgan fingerprint density at radius 3 is 2.62 bits per heavy atom. The van der Waals surface area contributed by atoms with Gasteiger partial charge >= 0.3 is 0 Å². The number of benzene rings is 2. The molecule has 0 radical (unpaired) electrons. The maximum atomic E-state index is 12.8. The molecule has 3 rings (SSSR count). The average molecular weight is 458 g/mol. The number of sulfone groups is 2. The van der Waals surface area contributed by atoms with Gasteiger partial charge in [0.15, 0.2) is 19.7 Å². The molecule has 0 aliphatic carbocycles. The van der Waals surface area contributed by atoms with Gasteiger partial charge in [-0.15, -0.1) is 0 Å². The maximum absolute atomic E-state index is 12.8. The highest BCUT2D eigenvalue weighted by atomic mass is 35.5. The second-order valence-electron chi connectivity index (χ2n) is 6.71. The molecule has 1 amide bonds. The van der Waals surface area contributed by atoms with Gasteiger partial charge in [-0.3, -0.25) is 4.79 Å². The number of amides is 1. The largest absolute Gasteiger partial charge is 0.496 e. The molecule has 1 aliphatic rings. The van der Waals surface area contributed by atoms with Crippen molar-refractivity contribution >= 4 is 37.2 Å². The standard InChI is InChI=1S/C19H20ClNO6S2/c1-27-18-5-3-2-4-13(18)11-21-19(22)16-10-14(6-7-17(16)20)29(25,26)15-8-9-28(23,24)12-15/h2-7,10,15H,8-9,11-12H2,1H3,(H,21,22). The van der Waals surface area contributed by atoms with Crippen LogP contribution in [0.2, 0.25) is 5.02 Å². The number of hydrogen-bond acceptors (Lipinski definition) is 6. The summed E-state index contributed by atoms with van der Waals surface area (Å²) in [6.07, 6.45) is 0.0443. The fourth-order valence-electron chi connectivity index (χ4n) is 3.17. The Morgan fingerprint density at radius 1 is 1.24 bits per heavy atom. The molecule has 1 atom stereocenters. The second kappa shape index (κ2) is 8.33. The summed E-state index contributed by atoms with van der Waals surface area (Å²) in [6.45, 7) is 0.164. The topological polar surface area (TPSA) is 107 Å². The molecule has 1 unspecified atom stereocenters. The van der Waals surface area contributed by atoms with Gasteiger partial charge in [0.05, 0.1) is 39.3 Å². The minimum Gasteiger partial charge on any atom is -0.496 e. The number of methoxy groups -OCH3 is 1. The summed E-state index contributed by atoms with van der Waals surface area (Å²) in [6, 6.07) is 11.0. The van der Waals surface area contributed by atoms with Crippen molar-refractivity contribution in [1.29, 1.82) is 0 Å². The highest BCUT2D eigenvalue weighted by Gasteiger charge is 2.38. The third kappa shape index (κ3) is 4.73. The zero-order chi connectivity index (χ0) is 21.2. The Kier molecular flexibility index (Phi) is 6.21. The molecule has 2 aromatic carbocycles. The van der Waals surface area contributed by atoms with Gasteiger partial charge in [0.2, 0.25) is 0 Å². The summed E-state index contributed by atoms with van der Waals surface area (Å²) in [7, 11) is -5.74. The zero-order valence-corrected chi connectivity index (χ0v) is 18.0. The van der Waals surface area contributed by atoms with Crippen molar-refractivity contribution in [2.75, 3.05) is 18.6 Å². The number of carbonyl (C=O) groups excluding carboxylic acids is 1. The molecule has 7 nitrogen and oxygen atoms in total. The molecule has 1 fully saturated rings. The Labute approximate surface area is 174 Å². The molecule has 1 saturated heterocycles. The van der Waals surface area contributed by atoms with Gasteiger partial charge < -0.3 is 10.1 Å². The lowest BCUT2D eigenvalue weighted by Crippen LogP contribution is -2.25. The van der Waals surface area contributed by atoms with E-state index in [9.17, 15) is 21.6 Å². The van der Waals surface area contributed by atoms with E-state index in [1.54, 1.807) is 24.3 Å². The lowest BCUT2D eigenvalue weighted by atomic mass is 10.1. The van der Waals surface area contributed by atoms with Gasteiger partial charge in [-0.25, -0.2) is 16.8 Å². The smallest absolute Gasteiger partial charge is 0.253 e. The van der Waals surface area contributed by atoms with Crippen LogP contribution in [0.4, 0.5) is 0 Å². The number of nitrogens with one attached hydrogen (secondary N) is 1. The minimum atomic E-state index is -3.90. The van der Waals surface area contributed by atoms with Crippen molar-refractivity contribution in [3.8, 4) is 5.75 Å². The Morgan fingerprint density at radius 2 is 1.97 bits per heavy atom. The van der Waals surface area contributed by atoms with E-state index in [0.29, 0.717) is 5.75 Å². The summed E-state index contributed by atoms with van der Waals surface area (Å²) in [5, 5.41) is 1.78. The zero-order valence-electron chi connectivity index (χ0n) is 15.6. The van der Waals surface area contributed by atoms with Gasteiger partial charge in [-0.1, -0.05) is 29.8 Å².